The van der Waals surface area contributed by atoms with Gasteiger partial charge in [-0.25, -0.2) is 0 Å². The number of carbonyl (C=O) groups is 1. The first-order chi connectivity index (χ1) is 3.72. The number of hydrogen-bond acceptors (Lipinski definition) is 3. The van der Waals surface area contributed by atoms with Crippen molar-refractivity contribution in [1.29, 1.82) is 0 Å². The van der Waals surface area contributed by atoms with Crippen molar-refractivity contribution >= 4 is 5.78 Å². The first-order valence-corrected chi connectivity index (χ1v) is 2.62. The molecule has 0 saturated carbocycles. The summed E-state index contributed by atoms with van der Waals surface area (Å²) >= 11 is 0. The standard InChI is InChI=1S/C5H12N2O/c1-4(7-2)5(8)3-6/h4,7H,3,6H2,1-2H3/t4-/m0/s1. The van der Waals surface area contributed by atoms with Gasteiger partial charge in [0.25, 0.3) is 0 Å². The molecule has 0 radical (unpaired) electrons. The quantitative estimate of drug-likeness (QED) is 0.503. The van der Waals surface area contributed by atoms with Gasteiger partial charge in [0.05, 0.1) is 12.6 Å². The van der Waals surface area contributed by atoms with Gasteiger partial charge in [-0.1, -0.05) is 0 Å². The summed E-state index contributed by atoms with van der Waals surface area (Å²) in [5.74, 6) is 0.0486. The van der Waals surface area contributed by atoms with Crippen molar-refractivity contribution in [3.8, 4) is 0 Å². The molecular formula is C5H12N2O. The summed E-state index contributed by atoms with van der Waals surface area (Å²) < 4.78 is 0. The molecule has 0 aliphatic heterocycles. The summed E-state index contributed by atoms with van der Waals surface area (Å²) in [4.78, 5) is 10.6. The van der Waals surface area contributed by atoms with Crippen molar-refractivity contribution in [1.82, 2.24) is 5.32 Å². The van der Waals surface area contributed by atoms with Crippen molar-refractivity contribution in [2.75, 3.05) is 13.6 Å². The van der Waals surface area contributed by atoms with Gasteiger partial charge in [0, 0.05) is 0 Å². The predicted octanol–water partition coefficient (Wildman–Crippen LogP) is -0.878. The number of likely N-dealkylation sites (N-methyl/N-ethyl adjacent to an activating group) is 1. The van der Waals surface area contributed by atoms with E-state index in [-0.39, 0.29) is 18.4 Å². The number of carbonyl (C=O) groups excluding carboxylic acids is 1. The van der Waals surface area contributed by atoms with E-state index >= 15 is 0 Å². The maximum Gasteiger partial charge on any atom is 0.162 e. The molecule has 0 aromatic carbocycles. The van der Waals surface area contributed by atoms with Crippen molar-refractivity contribution in [3.05, 3.63) is 0 Å². The Morgan fingerprint density at radius 1 is 1.88 bits per heavy atom. The third-order valence-electron chi connectivity index (χ3n) is 1.12. The molecule has 0 rings (SSSR count). The maximum absolute atomic E-state index is 10.6. The lowest BCUT2D eigenvalue weighted by Gasteiger charge is -2.04. The third kappa shape index (κ3) is 2.04. The summed E-state index contributed by atoms with van der Waals surface area (Å²) in [5, 5.41) is 2.79. The fraction of sp³-hybridized carbons (Fsp3) is 0.800. The van der Waals surface area contributed by atoms with Gasteiger partial charge >= 0.3 is 0 Å². The molecule has 3 N–H and O–H groups in total. The Bertz CT molecular complexity index is 82.5. The highest BCUT2D eigenvalue weighted by atomic mass is 16.1. The molecule has 0 amide bonds. The monoisotopic (exact) mass is 116 g/mol. The Morgan fingerprint density at radius 2 is 2.38 bits per heavy atom. The SMILES string of the molecule is CN[C@@H](C)C(=O)CN. The number of ketones is 1. The van der Waals surface area contributed by atoms with Crippen LogP contribution in [0.4, 0.5) is 0 Å². The van der Waals surface area contributed by atoms with E-state index in [9.17, 15) is 4.79 Å². The van der Waals surface area contributed by atoms with E-state index in [1.165, 1.54) is 0 Å². The second kappa shape index (κ2) is 3.57. The van der Waals surface area contributed by atoms with Crippen LogP contribution in [0.15, 0.2) is 0 Å². The van der Waals surface area contributed by atoms with Crippen LogP contribution in [0, 0.1) is 0 Å². The molecule has 8 heavy (non-hydrogen) atoms. The highest BCUT2D eigenvalue weighted by molar-refractivity contribution is 5.85. The second-order valence-electron chi connectivity index (χ2n) is 1.68. The van der Waals surface area contributed by atoms with E-state index < -0.39 is 0 Å². The Labute approximate surface area is 49.3 Å². The van der Waals surface area contributed by atoms with Gasteiger partial charge in [-0.2, -0.15) is 0 Å². The normalized spacial score (nSPS) is 13.4. The molecular weight excluding hydrogens is 104 g/mol. The van der Waals surface area contributed by atoms with Gasteiger partial charge in [-0.05, 0) is 14.0 Å². The molecule has 0 aliphatic rings. The zero-order valence-electron chi connectivity index (χ0n) is 5.27. The highest BCUT2D eigenvalue weighted by Crippen LogP contribution is 1.77. The van der Waals surface area contributed by atoms with E-state index in [0.29, 0.717) is 0 Å². The average Bonchev–Trinajstić information content (AvgIpc) is 1.84. The zero-order chi connectivity index (χ0) is 6.57. The van der Waals surface area contributed by atoms with Crippen LogP contribution in [0.1, 0.15) is 6.92 Å². The molecule has 0 saturated heterocycles. The second-order valence-corrected chi connectivity index (χ2v) is 1.68. The number of nitrogens with one attached hydrogen (secondary N) is 1. The van der Waals surface area contributed by atoms with Crippen LogP contribution >= 0.6 is 0 Å². The van der Waals surface area contributed by atoms with E-state index in [1.54, 1.807) is 14.0 Å². The lowest BCUT2D eigenvalue weighted by molar-refractivity contribution is -0.119. The molecule has 0 fully saturated rings. The van der Waals surface area contributed by atoms with Crippen LogP contribution in [0.25, 0.3) is 0 Å². The lowest BCUT2D eigenvalue weighted by Crippen LogP contribution is -2.35. The average molecular weight is 116 g/mol. The number of hydrogen-bond donors (Lipinski definition) is 2. The van der Waals surface area contributed by atoms with E-state index in [1.807, 2.05) is 0 Å². The Balaban J connectivity index is 3.46. The third-order valence-corrected chi connectivity index (χ3v) is 1.12. The minimum atomic E-state index is -0.0972. The lowest BCUT2D eigenvalue weighted by atomic mass is 10.2. The fourth-order valence-corrected chi connectivity index (χ4v) is 0.338. The minimum absolute atomic E-state index is 0.0486. The molecule has 0 aromatic rings. The smallest absolute Gasteiger partial charge is 0.162 e. The zero-order valence-corrected chi connectivity index (χ0v) is 5.27. The van der Waals surface area contributed by atoms with Gasteiger partial charge < -0.3 is 11.1 Å². The van der Waals surface area contributed by atoms with Crippen molar-refractivity contribution in [2.45, 2.75) is 13.0 Å². The van der Waals surface area contributed by atoms with Crippen molar-refractivity contribution in [2.24, 2.45) is 5.73 Å². The molecule has 0 aromatic heterocycles. The van der Waals surface area contributed by atoms with Gasteiger partial charge in [-0.15, -0.1) is 0 Å². The predicted molar refractivity (Wildman–Crippen MR) is 32.6 cm³/mol. The van der Waals surface area contributed by atoms with Crippen LogP contribution in [-0.2, 0) is 4.79 Å². The van der Waals surface area contributed by atoms with E-state index in [4.69, 9.17) is 5.73 Å². The molecule has 0 aliphatic carbocycles. The molecule has 48 valence electrons. The van der Waals surface area contributed by atoms with Crippen molar-refractivity contribution in [3.63, 3.8) is 0 Å². The summed E-state index contributed by atoms with van der Waals surface area (Å²) in [6.07, 6.45) is 0. The minimum Gasteiger partial charge on any atom is -0.324 e. The Kier molecular flexibility index (Phi) is 3.39. The first kappa shape index (κ1) is 7.59. The molecule has 3 heteroatoms. The van der Waals surface area contributed by atoms with Gasteiger partial charge in [0.15, 0.2) is 5.78 Å². The first-order valence-electron chi connectivity index (χ1n) is 2.62. The molecule has 0 spiro atoms. The molecule has 0 bridgehead atoms. The van der Waals surface area contributed by atoms with Crippen LogP contribution in [0.5, 0.6) is 0 Å². The topological polar surface area (TPSA) is 55.1 Å². The van der Waals surface area contributed by atoms with Crippen LogP contribution in [0.2, 0.25) is 0 Å². The van der Waals surface area contributed by atoms with Crippen LogP contribution < -0.4 is 11.1 Å². The molecule has 1 atom stereocenters. The van der Waals surface area contributed by atoms with Crippen molar-refractivity contribution < 1.29 is 4.79 Å². The number of nitrogens with two attached hydrogens (primary N) is 1. The number of rotatable bonds is 3. The maximum atomic E-state index is 10.6. The summed E-state index contributed by atoms with van der Waals surface area (Å²) in [7, 11) is 1.73. The van der Waals surface area contributed by atoms with Crippen LogP contribution in [-0.4, -0.2) is 25.4 Å². The molecule has 0 unspecified atom stereocenters. The molecule has 0 heterocycles. The van der Waals surface area contributed by atoms with Gasteiger partial charge in [0.2, 0.25) is 0 Å². The summed E-state index contributed by atoms with van der Waals surface area (Å²) in [6, 6.07) is -0.0972. The van der Waals surface area contributed by atoms with E-state index in [0.717, 1.165) is 0 Å². The van der Waals surface area contributed by atoms with Gasteiger partial charge in [-0.3, -0.25) is 4.79 Å². The highest BCUT2D eigenvalue weighted by Gasteiger charge is 2.05. The summed E-state index contributed by atoms with van der Waals surface area (Å²) in [6.45, 7) is 1.91. The van der Waals surface area contributed by atoms with E-state index in [2.05, 4.69) is 5.32 Å². The Morgan fingerprint density at radius 3 is 2.50 bits per heavy atom. The largest absolute Gasteiger partial charge is 0.324 e. The summed E-state index contributed by atoms with van der Waals surface area (Å²) in [5.41, 5.74) is 5.06. The Hall–Kier alpha value is -0.410. The van der Waals surface area contributed by atoms with Crippen LogP contribution in [0.3, 0.4) is 0 Å². The van der Waals surface area contributed by atoms with Gasteiger partial charge in [0.1, 0.15) is 0 Å². The molecule has 3 nitrogen and oxygen atoms in total. The fourth-order valence-electron chi connectivity index (χ4n) is 0.338. The number of Topliss-reactive ketones (excluding diaryl/α,β-unsaturated/α-hetero) is 1.